The molecule has 0 bridgehead atoms. The number of alkyl carbamates (subject to hydrolysis) is 1. The molecular formula is C13H14ClN3O2. The highest BCUT2D eigenvalue weighted by Crippen LogP contribution is 2.26. The summed E-state index contributed by atoms with van der Waals surface area (Å²) in [6.07, 6.45) is 0.442. The van der Waals surface area contributed by atoms with E-state index in [1.54, 1.807) is 12.1 Å². The van der Waals surface area contributed by atoms with Crippen LogP contribution in [0.1, 0.15) is 12.0 Å². The summed E-state index contributed by atoms with van der Waals surface area (Å²) in [6, 6.07) is 7.45. The quantitative estimate of drug-likeness (QED) is 0.901. The zero-order valence-corrected chi connectivity index (χ0v) is 11.3. The molecule has 1 aromatic carbocycles. The number of amides is 1. The Morgan fingerprint density at radius 1 is 1.63 bits per heavy atom. The topological polar surface area (TPSA) is 65.4 Å². The Bertz CT molecular complexity index is 527. The number of carbonyl (C=O) groups excluding carboxylic acids is 1. The van der Waals surface area contributed by atoms with Crippen molar-refractivity contribution in [1.29, 1.82) is 5.26 Å². The predicted molar refractivity (Wildman–Crippen MR) is 72.3 cm³/mol. The molecule has 1 unspecified atom stereocenters. The number of nitrogens with one attached hydrogen (secondary N) is 1. The van der Waals surface area contributed by atoms with E-state index in [0.717, 1.165) is 18.7 Å². The van der Waals surface area contributed by atoms with E-state index in [-0.39, 0.29) is 6.04 Å². The van der Waals surface area contributed by atoms with Gasteiger partial charge in [0.1, 0.15) is 6.07 Å². The van der Waals surface area contributed by atoms with Crippen LogP contribution in [0.4, 0.5) is 10.5 Å². The zero-order chi connectivity index (χ0) is 13.8. The van der Waals surface area contributed by atoms with Crippen molar-refractivity contribution < 1.29 is 9.53 Å². The molecule has 19 heavy (non-hydrogen) atoms. The minimum atomic E-state index is -0.412. The first-order valence-electron chi connectivity index (χ1n) is 5.93. The Morgan fingerprint density at radius 3 is 3.05 bits per heavy atom. The number of ether oxygens (including phenoxy) is 1. The molecule has 1 aliphatic heterocycles. The van der Waals surface area contributed by atoms with E-state index in [1.165, 1.54) is 7.11 Å². The first-order valence-corrected chi connectivity index (χ1v) is 6.31. The van der Waals surface area contributed by atoms with E-state index in [1.807, 2.05) is 12.1 Å². The van der Waals surface area contributed by atoms with Crippen LogP contribution < -0.4 is 10.2 Å². The third-order valence-electron chi connectivity index (χ3n) is 3.13. The summed E-state index contributed by atoms with van der Waals surface area (Å²) in [7, 11) is 1.35. The number of hydrogen-bond acceptors (Lipinski definition) is 4. The number of anilines is 1. The normalized spacial score (nSPS) is 17.9. The molecule has 1 aliphatic rings. The fraction of sp³-hybridized carbons (Fsp3) is 0.385. The maximum Gasteiger partial charge on any atom is 0.407 e. The Morgan fingerprint density at radius 2 is 2.42 bits per heavy atom. The summed E-state index contributed by atoms with van der Waals surface area (Å²) in [5.74, 6) is 0. The zero-order valence-electron chi connectivity index (χ0n) is 10.5. The number of hydrogen-bond donors (Lipinski definition) is 1. The lowest BCUT2D eigenvalue weighted by Crippen LogP contribution is -2.36. The van der Waals surface area contributed by atoms with Crippen LogP contribution in [0.2, 0.25) is 5.02 Å². The molecule has 1 atom stereocenters. The molecule has 1 aromatic rings. The maximum atomic E-state index is 11.1. The average molecular weight is 280 g/mol. The highest BCUT2D eigenvalue weighted by Gasteiger charge is 2.24. The minimum Gasteiger partial charge on any atom is -0.453 e. The Kier molecular flexibility index (Phi) is 4.13. The van der Waals surface area contributed by atoms with Gasteiger partial charge in [-0.2, -0.15) is 5.26 Å². The smallest absolute Gasteiger partial charge is 0.407 e. The maximum absolute atomic E-state index is 11.1. The van der Waals surface area contributed by atoms with Gasteiger partial charge in [0, 0.05) is 18.8 Å². The summed E-state index contributed by atoms with van der Waals surface area (Å²) in [4.78, 5) is 13.3. The van der Waals surface area contributed by atoms with Crippen molar-refractivity contribution in [2.45, 2.75) is 12.5 Å². The van der Waals surface area contributed by atoms with Gasteiger partial charge < -0.3 is 15.0 Å². The Balaban J connectivity index is 2.03. The fourth-order valence-corrected chi connectivity index (χ4v) is 2.35. The number of benzene rings is 1. The second-order valence-corrected chi connectivity index (χ2v) is 4.75. The molecule has 0 spiro atoms. The molecular weight excluding hydrogens is 266 g/mol. The van der Waals surface area contributed by atoms with Gasteiger partial charge in [-0.25, -0.2) is 4.79 Å². The lowest BCUT2D eigenvalue weighted by atomic mass is 10.2. The van der Waals surface area contributed by atoms with Gasteiger partial charge in [0.25, 0.3) is 0 Å². The lowest BCUT2D eigenvalue weighted by molar-refractivity contribution is 0.167. The number of rotatable bonds is 2. The molecule has 0 aliphatic carbocycles. The van der Waals surface area contributed by atoms with Crippen LogP contribution in [0.3, 0.4) is 0 Å². The molecule has 100 valence electrons. The van der Waals surface area contributed by atoms with Crippen molar-refractivity contribution >= 4 is 23.4 Å². The number of nitrogens with zero attached hydrogens (tertiary/aromatic N) is 2. The van der Waals surface area contributed by atoms with Gasteiger partial charge in [-0.1, -0.05) is 11.6 Å². The second kappa shape index (κ2) is 5.81. The van der Waals surface area contributed by atoms with Crippen LogP contribution in [-0.4, -0.2) is 32.3 Å². The van der Waals surface area contributed by atoms with Crippen molar-refractivity contribution in [3.8, 4) is 6.07 Å². The van der Waals surface area contributed by atoms with Crippen molar-refractivity contribution in [2.24, 2.45) is 0 Å². The van der Waals surface area contributed by atoms with Crippen molar-refractivity contribution in [3.05, 3.63) is 28.8 Å². The number of halogens is 1. The van der Waals surface area contributed by atoms with Crippen molar-refractivity contribution in [1.82, 2.24) is 5.32 Å². The highest BCUT2D eigenvalue weighted by molar-refractivity contribution is 6.32. The third kappa shape index (κ3) is 3.09. The van der Waals surface area contributed by atoms with Crippen LogP contribution in [0.25, 0.3) is 0 Å². The van der Waals surface area contributed by atoms with Crippen LogP contribution in [0, 0.1) is 11.3 Å². The lowest BCUT2D eigenvalue weighted by Gasteiger charge is -2.19. The molecule has 1 fully saturated rings. The van der Waals surface area contributed by atoms with E-state index < -0.39 is 6.09 Å². The van der Waals surface area contributed by atoms with Crippen molar-refractivity contribution in [2.75, 3.05) is 25.1 Å². The van der Waals surface area contributed by atoms with E-state index in [9.17, 15) is 4.79 Å². The molecule has 6 heteroatoms. The number of nitriles is 1. The largest absolute Gasteiger partial charge is 0.453 e. The second-order valence-electron chi connectivity index (χ2n) is 4.34. The van der Waals surface area contributed by atoms with Crippen LogP contribution >= 0.6 is 11.6 Å². The molecule has 0 aromatic heterocycles. The molecule has 0 radical (unpaired) electrons. The monoisotopic (exact) mass is 279 g/mol. The Hall–Kier alpha value is -1.93. The van der Waals surface area contributed by atoms with E-state index in [4.69, 9.17) is 16.9 Å². The third-order valence-corrected chi connectivity index (χ3v) is 3.45. The van der Waals surface area contributed by atoms with Crippen LogP contribution in [-0.2, 0) is 4.74 Å². The van der Waals surface area contributed by atoms with E-state index in [0.29, 0.717) is 17.1 Å². The molecule has 1 amide bonds. The van der Waals surface area contributed by atoms with Gasteiger partial charge >= 0.3 is 6.09 Å². The average Bonchev–Trinajstić information content (AvgIpc) is 2.87. The summed E-state index contributed by atoms with van der Waals surface area (Å²) >= 11 is 6.01. The number of carbonyl (C=O) groups is 1. The van der Waals surface area contributed by atoms with Gasteiger partial charge in [0.2, 0.25) is 0 Å². The molecule has 1 heterocycles. The Labute approximate surface area is 116 Å². The molecule has 5 nitrogen and oxygen atoms in total. The first-order chi connectivity index (χ1) is 9.13. The molecule has 2 rings (SSSR count). The molecule has 0 saturated carbocycles. The van der Waals surface area contributed by atoms with E-state index >= 15 is 0 Å². The predicted octanol–water partition coefficient (Wildman–Crippen LogP) is 2.15. The summed E-state index contributed by atoms with van der Waals surface area (Å²) in [5.41, 5.74) is 1.42. The molecule has 1 saturated heterocycles. The highest BCUT2D eigenvalue weighted by atomic mass is 35.5. The van der Waals surface area contributed by atoms with Gasteiger partial charge in [-0.05, 0) is 24.6 Å². The first kappa shape index (κ1) is 13.5. The number of methoxy groups -OCH3 is 1. The summed E-state index contributed by atoms with van der Waals surface area (Å²) in [6.45, 7) is 1.54. The fourth-order valence-electron chi connectivity index (χ4n) is 2.13. The van der Waals surface area contributed by atoms with Crippen molar-refractivity contribution in [3.63, 3.8) is 0 Å². The van der Waals surface area contributed by atoms with Gasteiger partial charge in [0.15, 0.2) is 0 Å². The SMILES string of the molecule is COC(=O)NC1CCN(c2ccc(C#N)c(Cl)c2)C1. The van der Waals surface area contributed by atoms with Crippen LogP contribution in [0.5, 0.6) is 0 Å². The van der Waals surface area contributed by atoms with Gasteiger partial charge in [-0.3, -0.25) is 0 Å². The van der Waals surface area contributed by atoms with Gasteiger partial charge in [0.05, 0.1) is 23.7 Å². The summed E-state index contributed by atoms with van der Waals surface area (Å²) in [5, 5.41) is 12.1. The van der Waals surface area contributed by atoms with Crippen LogP contribution in [0.15, 0.2) is 18.2 Å². The van der Waals surface area contributed by atoms with E-state index in [2.05, 4.69) is 15.0 Å². The molecule has 1 N–H and O–H groups in total. The standard InChI is InChI=1S/C13H14ClN3O2/c1-19-13(18)16-10-4-5-17(8-10)11-3-2-9(7-15)12(14)6-11/h2-3,6,10H,4-5,8H2,1H3,(H,16,18). The minimum absolute atomic E-state index is 0.0712. The van der Waals surface area contributed by atoms with Gasteiger partial charge in [-0.15, -0.1) is 0 Å². The summed E-state index contributed by atoms with van der Waals surface area (Å²) < 4.78 is 4.58.